The molecular weight excluding hydrogens is 364 g/mol. The van der Waals surface area contributed by atoms with E-state index in [0.717, 1.165) is 5.56 Å². The van der Waals surface area contributed by atoms with Crippen molar-refractivity contribution in [3.05, 3.63) is 42.2 Å². The van der Waals surface area contributed by atoms with Gasteiger partial charge in [-0.25, -0.2) is 4.98 Å². The maximum absolute atomic E-state index is 10.3. The quantitative estimate of drug-likeness (QED) is 0.399. The topological polar surface area (TPSA) is 138 Å². The summed E-state index contributed by atoms with van der Waals surface area (Å²) < 4.78 is 7.14. The van der Waals surface area contributed by atoms with Crippen LogP contribution in [0.25, 0.3) is 11.2 Å². The SMILES string of the molecule is CNc1nc(NCc2ccccc2)c2ncn([C@@H]3O[C@H](CO)[C@@H](O)[C@H]3O)c2n1. The van der Waals surface area contributed by atoms with Crippen molar-refractivity contribution in [2.45, 2.75) is 31.1 Å². The summed E-state index contributed by atoms with van der Waals surface area (Å²) in [5.41, 5.74) is 2.03. The van der Waals surface area contributed by atoms with Gasteiger partial charge in [0.15, 0.2) is 23.2 Å². The van der Waals surface area contributed by atoms with E-state index >= 15 is 0 Å². The van der Waals surface area contributed by atoms with E-state index in [1.807, 2.05) is 30.3 Å². The third-order valence-corrected chi connectivity index (χ3v) is 4.74. The molecule has 0 amide bonds. The Morgan fingerprint density at radius 3 is 2.61 bits per heavy atom. The number of hydrogen-bond donors (Lipinski definition) is 5. The molecule has 0 bridgehead atoms. The van der Waals surface area contributed by atoms with Crippen LogP contribution in [0.5, 0.6) is 0 Å². The third kappa shape index (κ3) is 3.27. The molecule has 0 saturated carbocycles. The molecule has 0 unspecified atom stereocenters. The summed E-state index contributed by atoms with van der Waals surface area (Å²) >= 11 is 0. The van der Waals surface area contributed by atoms with Crippen LogP contribution in [0.15, 0.2) is 36.7 Å². The van der Waals surface area contributed by atoms with Crippen molar-refractivity contribution in [1.82, 2.24) is 19.5 Å². The van der Waals surface area contributed by atoms with Crippen molar-refractivity contribution in [3.8, 4) is 0 Å². The van der Waals surface area contributed by atoms with Gasteiger partial charge in [0, 0.05) is 13.6 Å². The molecule has 1 fully saturated rings. The molecule has 1 aromatic carbocycles. The van der Waals surface area contributed by atoms with Crippen molar-refractivity contribution in [2.75, 3.05) is 24.3 Å². The Bertz CT molecular complexity index is 950. The average molecular weight is 386 g/mol. The largest absolute Gasteiger partial charge is 0.394 e. The molecule has 5 N–H and O–H groups in total. The molecule has 4 rings (SSSR count). The van der Waals surface area contributed by atoms with Crippen molar-refractivity contribution in [1.29, 1.82) is 0 Å². The van der Waals surface area contributed by atoms with Crippen LogP contribution in [0.1, 0.15) is 11.8 Å². The van der Waals surface area contributed by atoms with Crippen LogP contribution >= 0.6 is 0 Å². The maximum atomic E-state index is 10.3. The van der Waals surface area contributed by atoms with E-state index in [1.165, 1.54) is 10.9 Å². The van der Waals surface area contributed by atoms with E-state index in [-0.39, 0.29) is 0 Å². The van der Waals surface area contributed by atoms with Gasteiger partial charge in [0.1, 0.15) is 18.3 Å². The molecule has 0 spiro atoms. The standard InChI is InChI=1S/C18H22N6O4/c1-19-18-22-15(20-7-10-5-3-2-4-6-10)12-16(23-18)24(9-21-12)17-14(27)13(26)11(8-25)28-17/h2-6,9,11,13-14,17,25-27H,7-8H2,1H3,(H2,19,20,22,23)/t11-,13-,14-,17-/m1/s1. The molecule has 4 atom stereocenters. The van der Waals surface area contributed by atoms with Gasteiger partial charge in [-0.15, -0.1) is 0 Å². The van der Waals surface area contributed by atoms with Crippen LogP contribution in [-0.4, -0.2) is 66.8 Å². The van der Waals surface area contributed by atoms with Gasteiger partial charge in [-0.2, -0.15) is 9.97 Å². The average Bonchev–Trinajstić information content (AvgIpc) is 3.28. The Labute approximate surface area is 160 Å². The number of benzene rings is 1. The first-order valence-corrected chi connectivity index (χ1v) is 8.95. The third-order valence-electron chi connectivity index (χ3n) is 4.74. The fourth-order valence-electron chi connectivity index (χ4n) is 3.23. The fourth-order valence-corrected chi connectivity index (χ4v) is 3.23. The summed E-state index contributed by atoms with van der Waals surface area (Å²) in [7, 11) is 1.70. The minimum absolute atomic E-state index is 0.372. The minimum atomic E-state index is -1.22. The number of aliphatic hydroxyl groups excluding tert-OH is 3. The van der Waals surface area contributed by atoms with Gasteiger partial charge < -0.3 is 30.7 Å². The van der Waals surface area contributed by atoms with Crippen molar-refractivity contribution in [3.63, 3.8) is 0 Å². The summed E-state index contributed by atoms with van der Waals surface area (Å²) in [6.07, 6.45) is -2.73. The van der Waals surface area contributed by atoms with Crippen LogP contribution in [-0.2, 0) is 11.3 Å². The van der Waals surface area contributed by atoms with Gasteiger partial charge in [-0.05, 0) is 5.56 Å². The maximum Gasteiger partial charge on any atom is 0.226 e. The van der Waals surface area contributed by atoms with Gasteiger partial charge in [-0.1, -0.05) is 30.3 Å². The second-order valence-electron chi connectivity index (χ2n) is 6.54. The zero-order valence-electron chi connectivity index (χ0n) is 15.2. The Morgan fingerprint density at radius 1 is 1.14 bits per heavy atom. The Kier molecular flexibility index (Phi) is 5.09. The van der Waals surface area contributed by atoms with Gasteiger partial charge in [0.05, 0.1) is 12.9 Å². The molecule has 148 valence electrons. The number of nitrogens with one attached hydrogen (secondary N) is 2. The molecule has 1 saturated heterocycles. The van der Waals surface area contributed by atoms with E-state index in [0.29, 0.717) is 29.5 Å². The van der Waals surface area contributed by atoms with Crippen molar-refractivity contribution in [2.24, 2.45) is 0 Å². The highest BCUT2D eigenvalue weighted by Gasteiger charge is 2.44. The van der Waals surface area contributed by atoms with Crippen molar-refractivity contribution < 1.29 is 20.1 Å². The lowest BCUT2D eigenvalue weighted by atomic mass is 10.1. The van der Waals surface area contributed by atoms with E-state index < -0.39 is 31.1 Å². The normalized spacial score (nSPS) is 24.6. The van der Waals surface area contributed by atoms with Crippen LogP contribution in [0.3, 0.4) is 0 Å². The van der Waals surface area contributed by atoms with E-state index in [1.54, 1.807) is 7.05 Å². The van der Waals surface area contributed by atoms with Gasteiger partial charge in [0.25, 0.3) is 0 Å². The van der Waals surface area contributed by atoms with Crippen LogP contribution in [0.2, 0.25) is 0 Å². The summed E-state index contributed by atoms with van der Waals surface area (Å²) in [5.74, 6) is 0.903. The fraction of sp³-hybridized carbons (Fsp3) is 0.389. The van der Waals surface area contributed by atoms with E-state index in [2.05, 4.69) is 25.6 Å². The first-order chi connectivity index (χ1) is 13.6. The van der Waals surface area contributed by atoms with Gasteiger partial charge >= 0.3 is 0 Å². The molecular formula is C18H22N6O4. The number of aliphatic hydroxyl groups is 3. The lowest BCUT2D eigenvalue weighted by molar-refractivity contribution is -0.0511. The number of ether oxygens (including phenoxy) is 1. The molecule has 28 heavy (non-hydrogen) atoms. The number of imidazole rings is 1. The molecule has 10 nitrogen and oxygen atoms in total. The molecule has 3 aromatic rings. The Balaban J connectivity index is 1.69. The summed E-state index contributed by atoms with van der Waals surface area (Å²) in [4.78, 5) is 13.2. The molecule has 1 aliphatic heterocycles. The van der Waals surface area contributed by atoms with Crippen LogP contribution in [0, 0.1) is 0 Å². The number of rotatable bonds is 6. The molecule has 3 heterocycles. The lowest BCUT2D eigenvalue weighted by Gasteiger charge is -2.17. The summed E-state index contributed by atoms with van der Waals surface area (Å²) in [6, 6.07) is 9.88. The Morgan fingerprint density at radius 2 is 1.93 bits per heavy atom. The van der Waals surface area contributed by atoms with Gasteiger partial charge in [-0.3, -0.25) is 4.57 Å². The molecule has 0 radical (unpaired) electrons. The van der Waals surface area contributed by atoms with Crippen LogP contribution < -0.4 is 10.6 Å². The van der Waals surface area contributed by atoms with Gasteiger partial charge in [0.2, 0.25) is 5.95 Å². The highest BCUT2D eigenvalue weighted by Crippen LogP contribution is 2.32. The first kappa shape index (κ1) is 18.6. The van der Waals surface area contributed by atoms with E-state index in [9.17, 15) is 15.3 Å². The molecule has 2 aromatic heterocycles. The van der Waals surface area contributed by atoms with E-state index in [4.69, 9.17) is 4.74 Å². The minimum Gasteiger partial charge on any atom is -0.394 e. The zero-order valence-corrected chi connectivity index (χ0v) is 15.2. The second kappa shape index (κ2) is 7.68. The Hall–Kier alpha value is -2.79. The number of nitrogens with zero attached hydrogens (tertiary/aromatic N) is 4. The molecule has 1 aliphatic rings. The highest BCUT2D eigenvalue weighted by molar-refractivity contribution is 5.84. The number of aromatic nitrogens is 4. The molecule has 10 heteroatoms. The first-order valence-electron chi connectivity index (χ1n) is 8.95. The number of fused-ring (bicyclic) bond motifs is 1. The predicted molar refractivity (Wildman–Crippen MR) is 102 cm³/mol. The molecule has 0 aliphatic carbocycles. The lowest BCUT2D eigenvalue weighted by Crippen LogP contribution is -2.33. The number of hydrogen-bond acceptors (Lipinski definition) is 9. The highest BCUT2D eigenvalue weighted by atomic mass is 16.6. The summed E-state index contributed by atoms with van der Waals surface area (Å²) in [5, 5.41) is 35.9. The second-order valence-corrected chi connectivity index (χ2v) is 6.54. The zero-order chi connectivity index (χ0) is 19.7. The monoisotopic (exact) mass is 386 g/mol. The smallest absolute Gasteiger partial charge is 0.226 e. The van der Waals surface area contributed by atoms with Crippen molar-refractivity contribution >= 4 is 22.9 Å². The summed E-state index contributed by atoms with van der Waals surface area (Å²) in [6.45, 7) is 0.152. The predicted octanol–water partition coefficient (Wildman–Crippen LogP) is 0.0916. The van der Waals surface area contributed by atoms with Crippen LogP contribution in [0.4, 0.5) is 11.8 Å². The number of anilines is 2.